The Balaban J connectivity index is 1.89. The third-order valence-corrected chi connectivity index (χ3v) is 7.76. The van der Waals surface area contributed by atoms with Gasteiger partial charge in [-0.2, -0.15) is 16.8 Å². The van der Waals surface area contributed by atoms with Gasteiger partial charge in [-0.1, -0.05) is 12.1 Å². The zero-order valence-electron chi connectivity index (χ0n) is 23.4. The van der Waals surface area contributed by atoms with Crippen molar-refractivity contribution in [3.05, 3.63) is 60.2 Å². The standard InChI is InChI=1S/C27H27N5O11S2/c1-15-2-5-19(24(10-15)44(36,37)38)29-30-20-13-23(43-9-7-34)21(14-22(20)42-8-6-33)31-32-26-25(45(39,40)41)11-16-3-4-17(28)12-18(16)27(26)35/h2-5,10-14,33-35H,6-9,28H2,1H3,(H,36,37,38)(H,39,40,41). The molecule has 0 saturated heterocycles. The van der Waals surface area contributed by atoms with E-state index in [0.717, 1.165) is 6.07 Å². The van der Waals surface area contributed by atoms with Gasteiger partial charge in [-0.15, -0.1) is 20.5 Å². The summed E-state index contributed by atoms with van der Waals surface area (Å²) in [6.45, 7) is 0.263. The van der Waals surface area contributed by atoms with E-state index in [1.807, 2.05) is 0 Å². The van der Waals surface area contributed by atoms with E-state index < -0.39 is 54.7 Å². The average molecular weight is 662 g/mol. The molecule has 0 atom stereocenters. The molecule has 7 N–H and O–H groups in total. The van der Waals surface area contributed by atoms with Gasteiger partial charge in [-0.3, -0.25) is 9.11 Å². The van der Waals surface area contributed by atoms with E-state index in [0.29, 0.717) is 5.56 Å². The maximum absolute atomic E-state index is 12.2. The lowest BCUT2D eigenvalue weighted by Crippen LogP contribution is -2.04. The second-order valence-electron chi connectivity index (χ2n) is 9.31. The number of phenolic OH excluding ortho intramolecular Hbond substituents is 1. The zero-order valence-corrected chi connectivity index (χ0v) is 25.0. The molecule has 0 spiro atoms. The number of anilines is 1. The number of hydrogen-bond acceptors (Lipinski definition) is 14. The van der Waals surface area contributed by atoms with E-state index >= 15 is 0 Å². The molecule has 4 aromatic rings. The number of benzene rings is 4. The van der Waals surface area contributed by atoms with Gasteiger partial charge in [-0.05, 0) is 48.2 Å². The smallest absolute Gasteiger partial charge is 0.296 e. The highest BCUT2D eigenvalue weighted by Gasteiger charge is 2.23. The van der Waals surface area contributed by atoms with Crippen molar-refractivity contribution in [2.75, 3.05) is 32.2 Å². The van der Waals surface area contributed by atoms with Crippen molar-refractivity contribution in [2.45, 2.75) is 16.7 Å². The number of ether oxygens (including phenoxy) is 2. The molecule has 0 aliphatic heterocycles. The molecular weight excluding hydrogens is 634 g/mol. The minimum atomic E-state index is -4.91. The second kappa shape index (κ2) is 13.5. The maximum atomic E-state index is 12.2. The van der Waals surface area contributed by atoms with E-state index in [4.69, 9.17) is 15.2 Å². The molecule has 0 amide bonds. The lowest BCUT2D eigenvalue weighted by atomic mass is 10.1. The number of hydrogen-bond donors (Lipinski definition) is 6. The minimum Gasteiger partial charge on any atom is -0.505 e. The number of azo groups is 2. The normalized spacial score (nSPS) is 12.4. The van der Waals surface area contributed by atoms with Gasteiger partial charge in [0.05, 0.1) is 13.2 Å². The Labute approximate surface area is 256 Å². The van der Waals surface area contributed by atoms with Gasteiger partial charge in [0.2, 0.25) is 0 Å². The van der Waals surface area contributed by atoms with E-state index in [1.54, 1.807) is 13.0 Å². The van der Waals surface area contributed by atoms with Crippen molar-refractivity contribution in [3.8, 4) is 17.2 Å². The van der Waals surface area contributed by atoms with Crippen molar-refractivity contribution in [1.82, 2.24) is 0 Å². The predicted molar refractivity (Wildman–Crippen MR) is 161 cm³/mol. The lowest BCUT2D eigenvalue weighted by Gasteiger charge is -2.13. The highest BCUT2D eigenvalue weighted by molar-refractivity contribution is 7.86. The fraction of sp³-hybridized carbons (Fsp3) is 0.185. The van der Waals surface area contributed by atoms with Crippen LogP contribution in [0.25, 0.3) is 10.8 Å². The molecule has 0 aliphatic rings. The Hall–Kier alpha value is -4.72. The Morgan fingerprint density at radius 1 is 0.711 bits per heavy atom. The summed E-state index contributed by atoms with van der Waals surface area (Å²) in [5.41, 5.74) is 5.55. The number of rotatable bonds is 12. The number of nitrogen functional groups attached to an aromatic ring is 1. The van der Waals surface area contributed by atoms with Crippen LogP contribution in [0.2, 0.25) is 0 Å². The highest BCUT2D eigenvalue weighted by atomic mass is 32.2. The first-order valence-corrected chi connectivity index (χ1v) is 15.7. The van der Waals surface area contributed by atoms with Crippen LogP contribution in [-0.2, 0) is 20.2 Å². The lowest BCUT2D eigenvalue weighted by molar-refractivity contribution is 0.198. The van der Waals surface area contributed by atoms with E-state index in [-0.39, 0.29) is 58.2 Å². The highest BCUT2D eigenvalue weighted by Crippen LogP contribution is 2.45. The van der Waals surface area contributed by atoms with Crippen molar-refractivity contribution >= 4 is 59.4 Å². The molecule has 45 heavy (non-hydrogen) atoms. The fourth-order valence-electron chi connectivity index (χ4n) is 4.01. The number of aromatic hydroxyl groups is 1. The number of aliphatic hydroxyl groups excluding tert-OH is 2. The first kappa shape index (κ1) is 33.2. The van der Waals surface area contributed by atoms with Crippen LogP contribution in [-0.4, -0.2) is 67.7 Å². The number of phenols is 1. The van der Waals surface area contributed by atoms with Crippen molar-refractivity contribution in [2.24, 2.45) is 20.5 Å². The molecule has 16 nitrogen and oxygen atoms in total. The minimum absolute atomic E-state index is 0.0696. The number of aliphatic hydroxyl groups is 2. The number of nitrogens with two attached hydrogens (primary N) is 1. The Morgan fingerprint density at radius 3 is 1.82 bits per heavy atom. The number of aryl methyl sites for hydroxylation is 1. The topological polar surface area (TPSA) is 263 Å². The van der Waals surface area contributed by atoms with Gasteiger partial charge < -0.3 is 30.5 Å². The summed E-state index contributed by atoms with van der Waals surface area (Å²) in [6, 6.07) is 11.9. The first-order valence-electron chi connectivity index (χ1n) is 12.8. The molecule has 0 unspecified atom stereocenters. The van der Waals surface area contributed by atoms with Crippen LogP contribution in [0.4, 0.5) is 28.4 Å². The molecule has 0 aliphatic carbocycles. The third kappa shape index (κ3) is 7.87. The van der Waals surface area contributed by atoms with Crippen LogP contribution in [0.15, 0.2) is 84.8 Å². The first-order chi connectivity index (χ1) is 21.2. The zero-order chi connectivity index (χ0) is 32.9. The van der Waals surface area contributed by atoms with Crippen LogP contribution in [0, 0.1) is 6.92 Å². The fourth-order valence-corrected chi connectivity index (χ4v) is 5.38. The summed E-state index contributed by atoms with van der Waals surface area (Å²) < 4.78 is 78.7. The van der Waals surface area contributed by atoms with Gasteiger partial charge in [0, 0.05) is 23.2 Å². The van der Waals surface area contributed by atoms with Gasteiger partial charge >= 0.3 is 0 Å². The van der Waals surface area contributed by atoms with Gasteiger partial charge in [-0.25, -0.2) is 0 Å². The molecule has 0 aromatic heterocycles. The molecule has 0 saturated carbocycles. The molecule has 4 rings (SSSR count). The van der Waals surface area contributed by atoms with Crippen molar-refractivity contribution in [1.29, 1.82) is 0 Å². The SMILES string of the molecule is Cc1ccc(N=Nc2cc(OCCO)c(N=Nc3c(S(=O)(=O)O)cc4ccc(N)cc4c3O)cc2OCCO)c(S(=O)(=O)O)c1. The molecule has 18 heteroatoms. The van der Waals surface area contributed by atoms with E-state index in [9.17, 15) is 41.3 Å². The average Bonchev–Trinajstić information content (AvgIpc) is 2.97. The third-order valence-electron chi connectivity index (χ3n) is 6.01. The summed E-state index contributed by atoms with van der Waals surface area (Å²) >= 11 is 0. The number of nitrogens with zero attached hydrogens (tertiary/aromatic N) is 4. The van der Waals surface area contributed by atoms with Crippen LogP contribution in [0.1, 0.15) is 5.56 Å². The Kier molecular flexibility index (Phi) is 9.96. The second-order valence-corrected chi connectivity index (χ2v) is 12.1. The molecule has 0 heterocycles. The van der Waals surface area contributed by atoms with E-state index in [1.165, 1.54) is 42.5 Å². The summed E-state index contributed by atoms with van der Waals surface area (Å²) in [5, 5.41) is 45.8. The summed E-state index contributed by atoms with van der Waals surface area (Å²) in [6.07, 6.45) is 0. The number of fused-ring (bicyclic) bond motifs is 1. The summed E-state index contributed by atoms with van der Waals surface area (Å²) in [5.74, 6) is -0.831. The molecule has 238 valence electrons. The van der Waals surface area contributed by atoms with Gasteiger partial charge in [0.15, 0.2) is 5.75 Å². The van der Waals surface area contributed by atoms with Crippen LogP contribution in [0.5, 0.6) is 17.2 Å². The van der Waals surface area contributed by atoms with Crippen LogP contribution in [0.3, 0.4) is 0 Å². The molecule has 0 bridgehead atoms. The molecule has 0 fully saturated rings. The van der Waals surface area contributed by atoms with Crippen molar-refractivity contribution < 1.29 is 50.7 Å². The monoisotopic (exact) mass is 661 g/mol. The Morgan fingerprint density at radius 2 is 1.27 bits per heavy atom. The molecule has 0 radical (unpaired) electrons. The van der Waals surface area contributed by atoms with Gasteiger partial charge in [0.1, 0.15) is 57.3 Å². The predicted octanol–water partition coefficient (Wildman–Crippen LogP) is 4.50. The van der Waals surface area contributed by atoms with E-state index in [2.05, 4.69) is 20.5 Å². The van der Waals surface area contributed by atoms with Crippen LogP contribution >= 0.6 is 0 Å². The van der Waals surface area contributed by atoms with Crippen LogP contribution < -0.4 is 15.2 Å². The Bertz CT molecular complexity index is 2030. The molecular formula is C27H27N5O11S2. The maximum Gasteiger partial charge on any atom is 0.296 e. The van der Waals surface area contributed by atoms with Gasteiger partial charge in [0.25, 0.3) is 20.2 Å². The largest absolute Gasteiger partial charge is 0.505 e. The summed E-state index contributed by atoms with van der Waals surface area (Å²) in [7, 11) is -9.58. The van der Waals surface area contributed by atoms with Crippen molar-refractivity contribution in [3.63, 3.8) is 0 Å². The summed E-state index contributed by atoms with van der Waals surface area (Å²) in [4.78, 5) is -1.26. The molecule has 4 aromatic carbocycles. The quantitative estimate of drug-likeness (QED) is 0.0696.